The van der Waals surface area contributed by atoms with E-state index in [-0.39, 0.29) is 109 Å². The number of hydrogen-bond donors (Lipinski definition) is 0. The molecule has 0 aliphatic heterocycles. The highest BCUT2D eigenvalue weighted by Crippen LogP contribution is 2.49. The molecule has 0 atom stereocenters. The van der Waals surface area contributed by atoms with Gasteiger partial charge in [-0.2, -0.15) is 0 Å². The predicted octanol–water partition coefficient (Wildman–Crippen LogP) is 23.1. The lowest BCUT2D eigenvalue weighted by atomic mass is 9.83. The Morgan fingerprint density at radius 1 is 0.220 bits per heavy atom. The Kier molecular flexibility index (Phi) is 5.73. The average Bonchev–Trinajstić information content (AvgIpc) is 0.956. The fourth-order valence-electron chi connectivity index (χ4n) is 11.6. The molecule has 0 unspecified atom stereocenters. The first-order valence-electron chi connectivity index (χ1n) is 40.8. The number of fused-ring (bicyclic) bond motifs is 16. The normalized spacial score (nSPS) is 17.0. The Labute approximate surface area is 514 Å². The molecule has 18 rings (SSSR count). The molecule has 380 valence electrons. The molecule has 0 aliphatic rings. The molecule has 0 amide bonds. The van der Waals surface area contributed by atoms with Gasteiger partial charge in [0.2, 0.25) is 0 Å². The maximum Gasteiger partial charge on any atom is 0.135 e. The third kappa shape index (κ3) is 7.15. The topological polar surface area (TPSA) is 26.3 Å². The van der Waals surface area contributed by atoms with Crippen LogP contribution in [-0.2, 0) is 0 Å². The van der Waals surface area contributed by atoms with E-state index in [2.05, 4.69) is 0 Å². The van der Waals surface area contributed by atoms with Crippen molar-refractivity contribution in [3.63, 3.8) is 0 Å². The van der Waals surface area contributed by atoms with E-state index in [0.29, 0.717) is 16.5 Å². The highest BCUT2D eigenvalue weighted by Gasteiger charge is 2.22. The van der Waals surface area contributed by atoms with Crippen molar-refractivity contribution in [2.24, 2.45) is 0 Å². The number of benzene rings is 16. The lowest BCUT2D eigenvalue weighted by Crippen LogP contribution is -1.92. The van der Waals surface area contributed by atoms with E-state index in [4.69, 9.17) is 33.5 Å². The minimum absolute atomic E-state index is 0.0703. The molecule has 0 radical (unpaired) electrons. The van der Waals surface area contributed by atoms with Gasteiger partial charge >= 0.3 is 0 Å². The second-order valence-corrected chi connectivity index (χ2v) is 19.4. The number of furan rings is 2. The van der Waals surface area contributed by atoms with E-state index in [9.17, 15) is 16.4 Å². The van der Waals surface area contributed by atoms with Gasteiger partial charge in [-0.3, -0.25) is 0 Å². The molecule has 2 nitrogen and oxygen atoms in total. The van der Waals surface area contributed by atoms with Gasteiger partial charge in [-0.25, -0.2) is 0 Å². The lowest BCUT2D eigenvalue weighted by molar-refractivity contribution is 0.668. The molecule has 0 aliphatic carbocycles. The van der Waals surface area contributed by atoms with Gasteiger partial charge in [-0.05, 0) is 179 Å². The van der Waals surface area contributed by atoms with Crippen molar-refractivity contribution in [1.29, 1.82) is 0 Å². The summed E-state index contributed by atoms with van der Waals surface area (Å²) >= 11 is 0. The SMILES string of the molecule is [2H]c1c([2H])c([2H])c2c(oc3c([2H])c([2H])c(-c4c5c([2H])c([2H])c([2H])c([2H])c5c(-c5cc6ccccc6c6ccccc56)c5c([2H])c([2H])c([2H])c([2H])c45)c([2H])c32)c1[2H].[2H]c1c([2H])c([2H])c2c(oc3c([2H])c([2H])c(-c4c5c([2H])c([2H])c([2H])c([2H])c5c(-c5ccc6c(ccc7ccccc76)c5)c5c([2H])c([2H])c([2H])c([2H])c45)c([2H])c32)c1[2H]. The largest absolute Gasteiger partial charge is 0.456 e. The molecule has 2 heteroatoms. The van der Waals surface area contributed by atoms with Gasteiger partial charge in [-0.15, -0.1) is 0 Å². The molecule has 16 aromatic carbocycles. The van der Waals surface area contributed by atoms with Crippen molar-refractivity contribution in [2.75, 3.05) is 0 Å². The highest BCUT2D eigenvalue weighted by atomic mass is 16.3. The van der Waals surface area contributed by atoms with Gasteiger partial charge in [0.25, 0.3) is 0 Å². The standard InChI is InChI=1S/2C40H24O/c1-2-10-29-25(9-1)17-18-26-23-27(19-21-30(26)29)39-32-12-3-5-14-34(32)40(35-15-6-4-13-33(35)39)28-20-22-38-36(24-28)31-11-7-8-16-37(31)41-38;1-2-12-27-25(11-1)23-36(29-14-4-3-13-28(27)29)40-33-18-7-5-16-31(33)39(32-17-6-8-19-34(32)40)26-21-22-38-35(24-26)30-15-9-10-20-37(30)41-38/h2*1-24H/i3D,4D,5D,6D,7D,8D,11D,12D,13D,14D,15D,16D,20D,22D,24D;5D,6D,7D,8D,9D,10D,15D,16D,17D,18D,19D,20D,21D,22D,24D. The van der Waals surface area contributed by atoms with E-state index < -0.39 is 192 Å². The first-order valence-corrected chi connectivity index (χ1v) is 25.8. The second-order valence-electron chi connectivity index (χ2n) is 19.4. The van der Waals surface area contributed by atoms with Gasteiger partial charge in [0.1, 0.15) is 22.3 Å². The summed E-state index contributed by atoms with van der Waals surface area (Å²) in [5, 5.41) is 3.90. The van der Waals surface area contributed by atoms with Crippen LogP contribution >= 0.6 is 0 Å². The van der Waals surface area contributed by atoms with Gasteiger partial charge in [-0.1, -0.05) is 242 Å². The fraction of sp³-hybridized carbons (Fsp3) is 0. The third-order valence-electron chi connectivity index (χ3n) is 15.1. The van der Waals surface area contributed by atoms with Gasteiger partial charge in [0.05, 0.1) is 41.1 Å². The van der Waals surface area contributed by atoms with Crippen molar-refractivity contribution >= 4 is 130 Å². The van der Waals surface area contributed by atoms with E-state index >= 15 is 0 Å². The number of hydrogen-bond acceptors (Lipinski definition) is 2. The van der Waals surface area contributed by atoms with E-state index in [0.717, 1.165) is 37.7 Å². The molecule has 82 heavy (non-hydrogen) atoms. The zero-order chi connectivity index (χ0) is 79.9. The van der Waals surface area contributed by atoms with Crippen molar-refractivity contribution in [3.8, 4) is 44.5 Å². The van der Waals surface area contributed by atoms with Crippen molar-refractivity contribution in [1.82, 2.24) is 0 Å². The van der Waals surface area contributed by atoms with E-state index in [1.807, 2.05) is 84.9 Å². The third-order valence-corrected chi connectivity index (χ3v) is 15.1. The molecule has 0 saturated heterocycles. The summed E-state index contributed by atoms with van der Waals surface area (Å²) in [5.41, 5.74) is -2.12. The highest BCUT2D eigenvalue weighted by molar-refractivity contribution is 6.27. The lowest BCUT2D eigenvalue weighted by Gasteiger charge is -2.19. The smallest absolute Gasteiger partial charge is 0.135 e. The molecule has 2 aromatic heterocycles. The van der Waals surface area contributed by atoms with Crippen LogP contribution in [0.4, 0.5) is 0 Å². The van der Waals surface area contributed by atoms with Crippen LogP contribution in [0.15, 0.2) is 299 Å². The minimum atomic E-state index is -0.692. The Balaban J connectivity index is 0.000000163. The van der Waals surface area contributed by atoms with Crippen molar-refractivity contribution in [2.45, 2.75) is 0 Å². The zero-order valence-electron chi connectivity index (χ0n) is 72.2. The quantitative estimate of drug-likeness (QED) is 0.130. The Bertz CT molecular complexity index is 7350. The van der Waals surface area contributed by atoms with Crippen LogP contribution in [-0.4, -0.2) is 0 Å². The maximum atomic E-state index is 9.61. The van der Waals surface area contributed by atoms with Crippen molar-refractivity contribution < 1.29 is 50.0 Å². The summed E-state index contributed by atoms with van der Waals surface area (Å²) in [6, 6.07) is 14.9. The van der Waals surface area contributed by atoms with Crippen LogP contribution in [0.25, 0.3) is 175 Å². The summed E-state index contributed by atoms with van der Waals surface area (Å²) < 4.78 is 280. The van der Waals surface area contributed by atoms with Crippen LogP contribution in [0.5, 0.6) is 0 Å². The monoisotopic (exact) mass is 1070 g/mol. The molecule has 0 saturated carbocycles. The van der Waals surface area contributed by atoms with Crippen LogP contribution < -0.4 is 0 Å². The molecule has 0 N–H and O–H groups in total. The fourth-order valence-corrected chi connectivity index (χ4v) is 11.6. The van der Waals surface area contributed by atoms with Crippen molar-refractivity contribution in [3.05, 3.63) is 290 Å². The minimum Gasteiger partial charge on any atom is -0.456 e. The van der Waals surface area contributed by atoms with Gasteiger partial charge in [0, 0.05) is 21.5 Å². The second kappa shape index (κ2) is 18.4. The van der Waals surface area contributed by atoms with Crippen LogP contribution in [0.3, 0.4) is 0 Å². The summed E-state index contributed by atoms with van der Waals surface area (Å²) in [7, 11) is 0. The molecular formula is C80H48O2. The maximum absolute atomic E-state index is 9.61. The molecule has 0 bridgehead atoms. The zero-order valence-corrected chi connectivity index (χ0v) is 42.2. The number of para-hydroxylation sites is 2. The van der Waals surface area contributed by atoms with Gasteiger partial charge in [0.15, 0.2) is 0 Å². The Morgan fingerprint density at radius 3 is 1.09 bits per heavy atom. The summed E-state index contributed by atoms with van der Waals surface area (Å²) in [6.45, 7) is 0. The summed E-state index contributed by atoms with van der Waals surface area (Å²) in [4.78, 5) is 0. The molecule has 0 spiro atoms. The van der Waals surface area contributed by atoms with E-state index in [1.54, 1.807) is 24.3 Å². The predicted molar refractivity (Wildman–Crippen MR) is 349 cm³/mol. The van der Waals surface area contributed by atoms with Crippen LogP contribution in [0.1, 0.15) is 41.1 Å². The van der Waals surface area contributed by atoms with Crippen LogP contribution in [0.2, 0.25) is 0 Å². The molecule has 0 fully saturated rings. The van der Waals surface area contributed by atoms with Crippen LogP contribution in [0, 0.1) is 0 Å². The Hall–Kier alpha value is -10.8. The molecule has 2 heterocycles. The molecule has 18 aromatic rings. The summed E-state index contributed by atoms with van der Waals surface area (Å²) in [5.74, 6) is 0. The Morgan fingerprint density at radius 2 is 0.573 bits per heavy atom. The van der Waals surface area contributed by atoms with Gasteiger partial charge < -0.3 is 8.83 Å². The first-order chi connectivity index (χ1) is 53.2. The average molecular weight is 1070 g/mol. The van der Waals surface area contributed by atoms with E-state index in [1.165, 1.54) is 0 Å². The number of rotatable bonds is 4. The first kappa shape index (κ1) is 25.5. The molecular weight excluding hydrogens is 993 g/mol. The summed E-state index contributed by atoms with van der Waals surface area (Å²) in [6.07, 6.45) is 0.